The highest BCUT2D eigenvalue weighted by molar-refractivity contribution is 6.30. The van der Waals surface area contributed by atoms with Crippen molar-refractivity contribution in [1.29, 1.82) is 0 Å². The molecule has 3 N–H and O–H groups in total. The number of hydrogen-bond acceptors (Lipinski definition) is 3. The van der Waals surface area contributed by atoms with Crippen LogP contribution in [0.5, 0.6) is 0 Å². The van der Waals surface area contributed by atoms with E-state index in [1.807, 2.05) is 4.57 Å². The molecule has 0 radical (unpaired) electrons. The SMILES string of the molecule is NC(C(=O)O)c1nc2n(c1Cl)CCCCC2. The van der Waals surface area contributed by atoms with Gasteiger partial charge >= 0.3 is 5.97 Å². The number of imidazole rings is 1. The molecule has 2 rings (SSSR count). The van der Waals surface area contributed by atoms with Crippen LogP contribution in [0.4, 0.5) is 0 Å². The highest BCUT2D eigenvalue weighted by atomic mass is 35.5. The molecule has 88 valence electrons. The van der Waals surface area contributed by atoms with Gasteiger partial charge in [-0.05, 0) is 12.8 Å². The highest BCUT2D eigenvalue weighted by Gasteiger charge is 2.25. The number of fused-ring (bicyclic) bond motifs is 1. The molecule has 6 heteroatoms. The highest BCUT2D eigenvalue weighted by Crippen LogP contribution is 2.26. The molecular weight excluding hydrogens is 230 g/mol. The summed E-state index contributed by atoms with van der Waals surface area (Å²) in [6.07, 6.45) is 4.10. The first kappa shape index (κ1) is 11.4. The lowest BCUT2D eigenvalue weighted by molar-refractivity contribution is -0.138. The molecule has 0 saturated heterocycles. The Balaban J connectivity index is 2.38. The van der Waals surface area contributed by atoms with Gasteiger partial charge in [0.05, 0.1) is 0 Å². The average Bonchev–Trinajstić information content (AvgIpc) is 2.45. The fraction of sp³-hybridized carbons (Fsp3) is 0.600. The minimum atomic E-state index is -1.13. The van der Waals surface area contributed by atoms with Crippen molar-refractivity contribution in [2.24, 2.45) is 5.73 Å². The van der Waals surface area contributed by atoms with Crippen molar-refractivity contribution in [2.75, 3.05) is 0 Å². The van der Waals surface area contributed by atoms with Crippen LogP contribution in [0.3, 0.4) is 0 Å². The Hall–Kier alpha value is -1.07. The van der Waals surface area contributed by atoms with Crippen LogP contribution in [-0.2, 0) is 17.8 Å². The zero-order valence-corrected chi connectivity index (χ0v) is 9.57. The Bertz CT molecular complexity index is 416. The number of nitrogens with two attached hydrogens (primary N) is 1. The first-order valence-electron chi connectivity index (χ1n) is 5.34. The summed E-state index contributed by atoms with van der Waals surface area (Å²) in [6, 6.07) is -1.13. The van der Waals surface area contributed by atoms with Gasteiger partial charge in [0, 0.05) is 13.0 Å². The van der Waals surface area contributed by atoms with E-state index in [4.69, 9.17) is 22.4 Å². The van der Waals surface area contributed by atoms with Gasteiger partial charge in [0.25, 0.3) is 0 Å². The van der Waals surface area contributed by atoms with E-state index in [0.29, 0.717) is 5.15 Å². The summed E-state index contributed by atoms with van der Waals surface area (Å²) < 4.78 is 1.88. The second-order valence-corrected chi connectivity index (χ2v) is 4.34. The molecule has 5 nitrogen and oxygen atoms in total. The van der Waals surface area contributed by atoms with Crippen LogP contribution in [0.2, 0.25) is 5.15 Å². The van der Waals surface area contributed by atoms with Crippen LogP contribution in [0.15, 0.2) is 0 Å². The summed E-state index contributed by atoms with van der Waals surface area (Å²) in [7, 11) is 0. The van der Waals surface area contributed by atoms with Crippen molar-refractivity contribution in [1.82, 2.24) is 9.55 Å². The minimum absolute atomic E-state index is 0.283. The molecule has 0 fully saturated rings. The van der Waals surface area contributed by atoms with Gasteiger partial charge in [-0.15, -0.1) is 0 Å². The number of aliphatic carboxylic acids is 1. The third-order valence-corrected chi connectivity index (χ3v) is 3.25. The summed E-state index contributed by atoms with van der Waals surface area (Å²) in [4.78, 5) is 15.1. The second kappa shape index (κ2) is 4.43. The Labute approximate surface area is 98.2 Å². The number of carboxylic acids is 1. The molecular formula is C10H14ClN3O2. The van der Waals surface area contributed by atoms with Gasteiger partial charge in [-0.25, -0.2) is 4.98 Å². The zero-order valence-electron chi connectivity index (χ0n) is 8.82. The van der Waals surface area contributed by atoms with E-state index in [2.05, 4.69) is 4.98 Å². The third kappa shape index (κ3) is 1.92. The van der Waals surface area contributed by atoms with Crippen LogP contribution in [-0.4, -0.2) is 20.6 Å². The zero-order chi connectivity index (χ0) is 11.7. The number of carboxylic acid groups (broad SMARTS) is 1. The minimum Gasteiger partial charge on any atom is -0.480 e. The van der Waals surface area contributed by atoms with Crippen molar-refractivity contribution < 1.29 is 9.90 Å². The lowest BCUT2D eigenvalue weighted by atomic mass is 10.2. The molecule has 1 aromatic rings. The first-order valence-corrected chi connectivity index (χ1v) is 5.72. The van der Waals surface area contributed by atoms with Crippen molar-refractivity contribution in [3.8, 4) is 0 Å². The first-order chi connectivity index (χ1) is 7.61. The molecule has 0 aromatic carbocycles. The molecule has 0 amide bonds. The predicted octanol–water partition coefficient (Wildman–Crippen LogP) is 1.35. The van der Waals surface area contributed by atoms with Crippen molar-refractivity contribution >= 4 is 17.6 Å². The number of aromatic nitrogens is 2. The quantitative estimate of drug-likeness (QED) is 0.822. The number of rotatable bonds is 2. The fourth-order valence-electron chi connectivity index (χ4n) is 1.96. The maximum Gasteiger partial charge on any atom is 0.326 e. The average molecular weight is 244 g/mol. The molecule has 1 unspecified atom stereocenters. The van der Waals surface area contributed by atoms with Gasteiger partial charge in [-0.3, -0.25) is 4.79 Å². The van der Waals surface area contributed by atoms with Crippen molar-refractivity contribution in [2.45, 2.75) is 38.3 Å². The van der Waals surface area contributed by atoms with Crippen LogP contribution < -0.4 is 5.73 Å². The van der Waals surface area contributed by atoms with E-state index in [9.17, 15) is 4.79 Å². The van der Waals surface area contributed by atoms with Crippen molar-refractivity contribution in [3.05, 3.63) is 16.7 Å². The summed E-state index contributed by atoms with van der Waals surface area (Å²) in [6.45, 7) is 0.799. The van der Waals surface area contributed by atoms with Gasteiger partial charge in [0.1, 0.15) is 22.7 Å². The van der Waals surface area contributed by atoms with E-state index < -0.39 is 12.0 Å². The summed E-state index contributed by atoms with van der Waals surface area (Å²) in [5.74, 6) is -0.246. The Morgan fingerprint density at radius 3 is 2.94 bits per heavy atom. The standard InChI is InChI=1S/C10H14ClN3O2/c11-9-8(7(12)10(15)16)13-6-4-2-1-3-5-14(6)9/h7H,1-5,12H2,(H,15,16). The Kier molecular flexibility index (Phi) is 3.16. The second-order valence-electron chi connectivity index (χ2n) is 3.98. The van der Waals surface area contributed by atoms with Crippen LogP contribution in [0.25, 0.3) is 0 Å². The summed E-state index contributed by atoms with van der Waals surface area (Å²) in [5, 5.41) is 9.23. The van der Waals surface area contributed by atoms with E-state index in [1.54, 1.807) is 0 Å². The third-order valence-electron chi connectivity index (χ3n) is 2.85. The van der Waals surface area contributed by atoms with Crippen LogP contribution >= 0.6 is 11.6 Å². The van der Waals surface area contributed by atoms with Gasteiger partial charge in [0.15, 0.2) is 0 Å². The number of carbonyl (C=O) groups is 1. The monoisotopic (exact) mass is 243 g/mol. The Morgan fingerprint density at radius 1 is 1.50 bits per heavy atom. The summed E-state index contributed by atoms with van der Waals surface area (Å²) in [5.41, 5.74) is 5.81. The van der Waals surface area contributed by atoms with Gasteiger partial charge in [-0.2, -0.15) is 0 Å². The fourth-order valence-corrected chi connectivity index (χ4v) is 2.30. The molecule has 16 heavy (non-hydrogen) atoms. The summed E-state index contributed by atoms with van der Waals surface area (Å²) >= 11 is 6.11. The molecule has 2 heterocycles. The maximum atomic E-state index is 10.8. The lowest BCUT2D eigenvalue weighted by Gasteiger charge is -2.05. The number of nitrogens with zero attached hydrogens (tertiary/aromatic N) is 2. The van der Waals surface area contributed by atoms with Gasteiger partial charge in [0.2, 0.25) is 0 Å². The van der Waals surface area contributed by atoms with E-state index >= 15 is 0 Å². The predicted molar refractivity (Wildman–Crippen MR) is 59.4 cm³/mol. The molecule has 1 aromatic heterocycles. The maximum absolute atomic E-state index is 10.8. The molecule has 1 atom stereocenters. The van der Waals surface area contributed by atoms with E-state index in [1.165, 1.54) is 0 Å². The lowest BCUT2D eigenvalue weighted by Crippen LogP contribution is -2.21. The topological polar surface area (TPSA) is 81.1 Å². The van der Waals surface area contributed by atoms with Crippen LogP contribution in [0, 0.1) is 0 Å². The molecule has 0 saturated carbocycles. The van der Waals surface area contributed by atoms with E-state index in [-0.39, 0.29) is 5.69 Å². The Morgan fingerprint density at radius 2 is 2.25 bits per heavy atom. The number of aryl methyl sites for hydroxylation is 1. The molecule has 0 aliphatic carbocycles. The molecule has 0 bridgehead atoms. The normalized spacial score (nSPS) is 17.6. The largest absolute Gasteiger partial charge is 0.480 e. The molecule has 1 aliphatic rings. The number of halogens is 1. The number of hydrogen-bond donors (Lipinski definition) is 2. The molecule has 0 spiro atoms. The van der Waals surface area contributed by atoms with Gasteiger partial charge < -0.3 is 15.4 Å². The van der Waals surface area contributed by atoms with Crippen LogP contribution in [0.1, 0.15) is 36.8 Å². The molecule has 1 aliphatic heterocycles. The van der Waals surface area contributed by atoms with E-state index in [0.717, 1.165) is 38.1 Å². The van der Waals surface area contributed by atoms with Crippen molar-refractivity contribution in [3.63, 3.8) is 0 Å². The smallest absolute Gasteiger partial charge is 0.326 e. The van der Waals surface area contributed by atoms with Gasteiger partial charge in [-0.1, -0.05) is 18.0 Å².